The van der Waals surface area contributed by atoms with E-state index in [4.69, 9.17) is 4.74 Å². The Labute approximate surface area is 190 Å². The standard InChI is InChI=1S/C25H32N6O/c1-26-25(30(2)18-24-27-16-23(29-24)20-8-5-4-6-9-20)28-15-19-12-13-31(17-19)21-10-7-11-22(14-21)32-3/h4-11,14,16,19H,12-13,15,17-18H2,1-3H3,(H,26,28)(H,27,29). The minimum absolute atomic E-state index is 0.569. The van der Waals surface area contributed by atoms with Crippen LogP contribution in [0.15, 0.2) is 65.8 Å². The largest absolute Gasteiger partial charge is 0.497 e. The summed E-state index contributed by atoms with van der Waals surface area (Å²) in [6, 6.07) is 18.5. The molecule has 32 heavy (non-hydrogen) atoms. The number of benzene rings is 2. The number of H-pyrrole nitrogens is 1. The second-order valence-electron chi connectivity index (χ2n) is 8.20. The summed E-state index contributed by atoms with van der Waals surface area (Å²) in [4.78, 5) is 17.0. The minimum atomic E-state index is 0.569. The van der Waals surface area contributed by atoms with Crippen LogP contribution in [0.25, 0.3) is 11.3 Å². The molecular weight excluding hydrogens is 400 g/mol. The third-order valence-electron chi connectivity index (χ3n) is 5.93. The molecule has 4 rings (SSSR count). The fraction of sp³-hybridized carbons (Fsp3) is 0.360. The Morgan fingerprint density at radius 2 is 2.09 bits per heavy atom. The number of methoxy groups -OCH3 is 1. The van der Waals surface area contributed by atoms with Gasteiger partial charge in [0, 0.05) is 45.5 Å². The third-order valence-corrected chi connectivity index (χ3v) is 5.93. The second-order valence-corrected chi connectivity index (χ2v) is 8.20. The van der Waals surface area contributed by atoms with Crippen LogP contribution in [0.5, 0.6) is 5.75 Å². The van der Waals surface area contributed by atoms with Gasteiger partial charge < -0.3 is 24.8 Å². The molecule has 3 aromatic rings. The minimum Gasteiger partial charge on any atom is -0.497 e. The van der Waals surface area contributed by atoms with Crippen molar-refractivity contribution in [1.29, 1.82) is 0 Å². The van der Waals surface area contributed by atoms with Gasteiger partial charge in [-0.3, -0.25) is 4.99 Å². The smallest absolute Gasteiger partial charge is 0.193 e. The van der Waals surface area contributed by atoms with Gasteiger partial charge in [-0.15, -0.1) is 0 Å². The predicted octanol–water partition coefficient (Wildman–Crippen LogP) is 3.62. The summed E-state index contributed by atoms with van der Waals surface area (Å²) in [6.07, 6.45) is 3.05. The van der Waals surface area contributed by atoms with Gasteiger partial charge in [0.15, 0.2) is 5.96 Å². The van der Waals surface area contributed by atoms with E-state index in [1.165, 1.54) is 5.69 Å². The van der Waals surface area contributed by atoms with Crippen LogP contribution >= 0.6 is 0 Å². The molecule has 0 radical (unpaired) electrons. The van der Waals surface area contributed by atoms with Crippen molar-refractivity contribution < 1.29 is 4.74 Å². The number of aromatic nitrogens is 2. The van der Waals surface area contributed by atoms with Gasteiger partial charge in [0.1, 0.15) is 11.6 Å². The summed E-state index contributed by atoms with van der Waals surface area (Å²) in [5.74, 6) is 3.26. The maximum atomic E-state index is 5.37. The summed E-state index contributed by atoms with van der Waals surface area (Å²) < 4.78 is 5.37. The van der Waals surface area contributed by atoms with Crippen LogP contribution in [0.4, 0.5) is 5.69 Å². The number of aliphatic imine (C=N–C) groups is 1. The second kappa shape index (κ2) is 10.2. The van der Waals surface area contributed by atoms with Crippen molar-refractivity contribution in [1.82, 2.24) is 20.2 Å². The molecule has 7 nitrogen and oxygen atoms in total. The van der Waals surface area contributed by atoms with Gasteiger partial charge in [-0.05, 0) is 30.0 Å². The van der Waals surface area contributed by atoms with Gasteiger partial charge in [-0.2, -0.15) is 0 Å². The number of aromatic amines is 1. The van der Waals surface area contributed by atoms with Crippen LogP contribution in [0.1, 0.15) is 12.2 Å². The zero-order valence-electron chi connectivity index (χ0n) is 19.1. The summed E-state index contributed by atoms with van der Waals surface area (Å²) in [5.41, 5.74) is 3.39. The molecule has 1 atom stereocenters. The molecule has 0 aliphatic carbocycles. The zero-order chi connectivity index (χ0) is 22.3. The molecule has 7 heteroatoms. The van der Waals surface area contributed by atoms with Gasteiger partial charge in [-0.25, -0.2) is 4.98 Å². The lowest BCUT2D eigenvalue weighted by molar-refractivity contribution is 0.415. The summed E-state index contributed by atoms with van der Waals surface area (Å²) >= 11 is 0. The Kier molecular flexibility index (Phi) is 6.94. The maximum absolute atomic E-state index is 5.37. The van der Waals surface area contributed by atoms with Gasteiger partial charge >= 0.3 is 0 Å². The first-order valence-corrected chi connectivity index (χ1v) is 11.1. The van der Waals surface area contributed by atoms with E-state index in [1.54, 1.807) is 7.11 Å². The number of hydrogen-bond acceptors (Lipinski definition) is 4. The van der Waals surface area contributed by atoms with Crippen LogP contribution in [-0.2, 0) is 6.54 Å². The van der Waals surface area contributed by atoms with Gasteiger partial charge in [-0.1, -0.05) is 36.4 Å². The lowest BCUT2D eigenvalue weighted by atomic mass is 10.1. The normalized spacial score (nSPS) is 16.3. The van der Waals surface area contributed by atoms with Crippen LogP contribution in [0, 0.1) is 5.92 Å². The number of nitrogens with one attached hydrogen (secondary N) is 2. The maximum Gasteiger partial charge on any atom is 0.193 e. The molecule has 0 bridgehead atoms. The fourth-order valence-corrected chi connectivity index (χ4v) is 4.17. The Balaban J connectivity index is 1.29. The van der Waals surface area contributed by atoms with E-state index < -0.39 is 0 Å². The van der Waals surface area contributed by atoms with E-state index >= 15 is 0 Å². The Bertz CT molecular complexity index is 1030. The van der Waals surface area contributed by atoms with Gasteiger partial charge in [0.25, 0.3) is 0 Å². The Morgan fingerprint density at radius 3 is 2.88 bits per heavy atom. The molecule has 1 aliphatic heterocycles. The highest BCUT2D eigenvalue weighted by Gasteiger charge is 2.23. The van der Waals surface area contributed by atoms with Gasteiger partial charge in [0.05, 0.1) is 25.5 Å². The summed E-state index contributed by atoms with van der Waals surface area (Å²) in [7, 11) is 5.58. The van der Waals surface area contributed by atoms with Crippen molar-refractivity contribution in [2.75, 3.05) is 45.7 Å². The molecule has 0 spiro atoms. The molecule has 1 fully saturated rings. The number of anilines is 1. The predicted molar refractivity (Wildman–Crippen MR) is 130 cm³/mol. The molecule has 168 valence electrons. The summed E-state index contributed by atoms with van der Waals surface area (Å²) in [5, 5.41) is 3.55. The zero-order valence-corrected chi connectivity index (χ0v) is 19.1. The van der Waals surface area contributed by atoms with Crippen LogP contribution in [0.2, 0.25) is 0 Å². The molecule has 2 N–H and O–H groups in total. The van der Waals surface area contributed by atoms with E-state index in [1.807, 2.05) is 50.6 Å². The molecule has 2 heterocycles. The van der Waals surface area contributed by atoms with Crippen LogP contribution in [-0.4, -0.2) is 61.7 Å². The van der Waals surface area contributed by atoms with E-state index in [0.717, 1.165) is 54.8 Å². The Morgan fingerprint density at radius 1 is 1.25 bits per heavy atom. The first-order valence-electron chi connectivity index (χ1n) is 11.1. The van der Waals surface area contributed by atoms with E-state index in [2.05, 4.69) is 54.3 Å². The highest BCUT2D eigenvalue weighted by molar-refractivity contribution is 5.79. The first kappa shape index (κ1) is 21.7. The quantitative estimate of drug-likeness (QED) is 0.441. The number of nitrogens with zero attached hydrogens (tertiary/aromatic N) is 4. The molecule has 2 aromatic carbocycles. The number of guanidine groups is 1. The molecule has 1 unspecified atom stereocenters. The lowest BCUT2D eigenvalue weighted by Gasteiger charge is -2.23. The van der Waals surface area contributed by atoms with Crippen molar-refractivity contribution in [3.63, 3.8) is 0 Å². The van der Waals surface area contributed by atoms with Crippen LogP contribution < -0.4 is 15.0 Å². The van der Waals surface area contributed by atoms with Crippen LogP contribution in [0.3, 0.4) is 0 Å². The molecular formula is C25H32N6O. The highest BCUT2D eigenvalue weighted by Crippen LogP contribution is 2.26. The van der Waals surface area contributed by atoms with Crippen molar-refractivity contribution >= 4 is 11.6 Å². The van der Waals surface area contributed by atoms with E-state index in [9.17, 15) is 0 Å². The number of rotatable bonds is 7. The average Bonchev–Trinajstić information content (AvgIpc) is 3.50. The average molecular weight is 433 g/mol. The molecule has 1 saturated heterocycles. The third kappa shape index (κ3) is 5.22. The Hall–Kier alpha value is -3.48. The molecule has 0 amide bonds. The monoisotopic (exact) mass is 432 g/mol. The van der Waals surface area contributed by atoms with E-state index in [0.29, 0.717) is 12.5 Å². The SMILES string of the molecule is CN=C(NCC1CCN(c2cccc(OC)c2)C1)N(C)Cc1ncc(-c2ccccc2)[nH]1. The first-order chi connectivity index (χ1) is 15.7. The molecule has 0 saturated carbocycles. The van der Waals surface area contributed by atoms with Crippen molar-refractivity contribution in [2.45, 2.75) is 13.0 Å². The number of hydrogen-bond donors (Lipinski definition) is 2. The van der Waals surface area contributed by atoms with Crippen molar-refractivity contribution in [3.05, 3.63) is 66.6 Å². The van der Waals surface area contributed by atoms with Crippen molar-refractivity contribution in [3.8, 4) is 17.0 Å². The van der Waals surface area contributed by atoms with Gasteiger partial charge in [0.2, 0.25) is 0 Å². The highest BCUT2D eigenvalue weighted by atomic mass is 16.5. The number of ether oxygens (including phenoxy) is 1. The van der Waals surface area contributed by atoms with Crippen molar-refractivity contribution in [2.24, 2.45) is 10.9 Å². The topological polar surface area (TPSA) is 68.8 Å². The number of imidazole rings is 1. The molecule has 1 aliphatic rings. The summed E-state index contributed by atoms with van der Waals surface area (Å²) in [6.45, 7) is 3.64. The molecule has 1 aromatic heterocycles. The lowest BCUT2D eigenvalue weighted by Crippen LogP contribution is -2.41. The fourth-order valence-electron chi connectivity index (χ4n) is 4.17. The van der Waals surface area contributed by atoms with E-state index in [-0.39, 0.29) is 0 Å².